The standard InChI is InChI=1S/C25H29NO5/c1-5-6-7-13-26-22(17-10-8-9-16(2)14-17)21(24(28)25(26)29)23(27)19-12-11-18(30-3)15-20(19)31-4/h8-12,14-15,22,27H,5-7,13H2,1-4H3/b23-21-. The smallest absolute Gasteiger partial charge is 0.295 e. The number of nitrogens with zero attached hydrogens (tertiary/aromatic N) is 1. The number of unbranched alkanes of at least 4 members (excludes halogenated alkanes) is 2. The summed E-state index contributed by atoms with van der Waals surface area (Å²) in [6.07, 6.45) is 2.75. The monoisotopic (exact) mass is 423 g/mol. The lowest BCUT2D eigenvalue weighted by atomic mass is 9.94. The molecule has 1 fully saturated rings. The van der Waals surface area contributed by atoms with E-state index in [1.807, 2.05) is 31.2 Å². The Kier molecular flexibility index (Phi) is 7.00. The second kappa shape index (κ2) is 9.69. The van der Waals surface area contributed by atoms with Crippen molar-refractivity contribution in [3.63, 3.8) is 0 Å². The van der Waals surface area contributed by atoms with Gasteiger partial charge in [-0.25, -0.2) is 0 Å². The van der Waals surface area contributed by atoms with Gasteiger partial charge in [0.2, 0.25) is 0 Å². The predicted molar refractivity (Wildman–Crippen MR) is 119 cm³/mol. The molecular weight excluding hydrogens is 394 g/mol. The second-order valence-corrected chi connectivity index (χ2v) is 7.68. The first-order chi connectivity index (χ1) is 14.9. The van der Waals surface area contributed by atoms with Crippen LogP contribution in [0.4, 0.5) is 0 Å². The molecule has 1 aliphatic rings. The summed E-state index contributed by atoms with van der Waals surface area (Å²) >= 11 is 0. The zero-order chi connectivity index (χ0) is 22.5. The highest BCUT2D eigenvalue weighted by Gasteiger charge is 2.46. The first-order valence-corrected chi connectivity index (χ1v) is 10.5. The minimum Gasteiger partial charge on any atom is -0.507 e. The maximum atomic E-state index is 13.1. The van der Waals surface area contributed by atoms with Crippen LogP contribution in [0.5, 0.6) is 11.5 Å². The zero-order valence-electron chi connectivity index (χ0n) is 18.5. The van der Waals surface area contributed by atoms with Crippen molar-refractivity contribution in [3.8, 4) is 11.5 Å². The van der Waals surface area contributed by atoms with Gasteiger partial charge in [0.15, 0.2) is 0 Å². The number of hydrogen-bond donors (Lipinski definition) is 1. The van der Waals surface area contributed by atoms with Crippen LogP contribution >= 0.6 is 0 Å². The van der Waals surface area contributed by atoms with Crippen LogP contribution < -0.4 is 9.47 Å². The molecule has 0 radical (unpaired) electrons. The fourth-order valence-electron chi connectivity index (χ4n) is 3.97. The molecule has 0 bridgehead atoms. The van der Waals surface area contributed by atoms with Crippen LogP contribution in [0, 0.1) is 6.92 Å². The van der Waals surface area contributed by atoms with Crippen LogP contribution in [0.15, 0.2) is 48.0 Å². The van der Waals surface area contributed by atoms with Gasteiger partial charge >= 0.3 is 0 Å². The van der Waals surface area contributed by atoms with E-state index in [0.717, 1.165) is 30.4 Å². The summed E-state index contributed by atoms with van der Waals surface area (Å²) in [6, 6.07) is 12.0. The molecule has 0 spiro atoms. The first-order valence-electron chi connectivity index (χ1n) is 10.5. The van der Waals surface area contributed by atoms with E-state index in [1.165, 1.54) is 14.2 Å². The van der Waals surface area contributed by atoms with Crippen LogP contribution in [0.1, 0.15) is 48.9 Å². The van der Waals surface area contributed by atoms with Crippen LogP contribution in [0.3, 0.4) is 0 Å². The Labute approximate surface area is 183 Å². The van der Waals surface area contributed by atoms with Gasteiger partial charge in [0.05, 0.1) is 31.4 Å². The van der Waals surface area contributed by atoms with Gasteiger partial charge in [-0.2, -0.15) is 0 Å². The number of benzene rings is 2. The highest BCUT2D eigenvalue weighted by Crippen LogP contribution is 2.41. The number of ether oxygens (including phenoxy) is 2. The summed E-state index contributed by atoms with van der Waals surface area (Å²) in [4.78, 5) is 27.6. The Morgan fingerprint density at radius 2 is 1.84 bits per heavy atom. The molecule has 6 nitrogen and oxygen atoms in total. The minimum absolute atomic E-state index is 0.0792. The number of amides is 1. The van der Waals surface area contributed by atoms with Crippen molar-refractivity contribution in [2.45, 2.75) is 39.2 Å². The number of carbonyl (C=O) groups excluding carboxylic acids is 2. The van der Waals surface area contributed by atoms with Crippen LogP contribution in [-0.4, -0.2) is 42.5 Å². The van der Waals surface area contributed by atoms with Crippen LogP contribution in [0.25, 0.3) is 5.76 Å². The molecule has 6 heteroatoms. The average Bonchev–Trinajstić information content (AvgIpc) is 3.03. The second-order valence-electron chi connectivity index (χ2n) is 7.68. The quantitative estimate of drug-likeness (QED) is 0.290. The van der Waals surface area contributed by atoms with Gasteiger partial charge in [0.1, 0.15) is 17.3 Å². The van der Waals surface area contributed by atoms with E-state index >= 15 is 0 Å². The summed E-state index contributed by atoms with van der Waals surface area (Å²) in [7, 11) is 3.01. The molecule has 1 N–H and O–H groups in total. The van der Waals surface area contributed by atoms with Crippen molar-refractivity contribution >= 4 is 17.4 Å². The third-order valence-corrected chi connectivity index (χ3v) is 5.56. The molecule has 1 saturated heterocycles. The van der Waals surface area contributed by atoms with E-state index in [9.17, 15) is 14.7 Å². The Balaban J connectivity index is 2.17. The van der Waals surface area contributed by atoms with Gasteiger partial charge < -0.3 is 19.5 Å². The molecule has 1 unspecified atom stereocenters. The van der Waals surface area contributed by atoms with Crippen LogP contribution in [-0.2, 0) is 9.59 Å². The van der Waals surface area contributed by atoms with Crippen molar-refractivity contribution in [2.24, 2.45) is 0 Å². The highest BCUT2D eigenvalue weighted by atomic mass is 16.5. The number of Topliss-reactive ketones (excluding diaryl/α,β-unsaturated/α-hetero) is 1. The third-order valence-electron chi connectivity index (χ3n) is 5.56. The normalized spacial score (nSPS) is 17.8. The Morgan fingerprint density at radius 3 is 2.48 bits per heavy atom. The van der Waals surface area contributed by atoms with E-state index in [-0.39, 0.29) is 11.3 Å². The van der Waals surface area contributed by atoms with Crippen LogP contribution in [0.2, 0.25) is 0 Å². The maximum absolute atomic E-state index is 13.1. The number of carbonyl (C=O) groups is 2. The van der Waals surface area contributed by atoms with Crippen molar-refractivity contribution in [3.05, 3.63) is 64.7 Å². The number of methoxy groups -OCH3 is 2. The van der Waals surface area contributed by atoms with E-state index in [1.54, 1.807) is 23.1 Å². The van der Waals surface area contributed by atoms with Gasteiger partial charge in [0, 0.05) is 12.6 Å². The van der Waals surface area contributed by atoms with Crippen molar-refractivity contribution in [1.29, 1.82) is 0 Å². The third kappa shape index (κ3) is 4.43. The van der Waals surface area contributed by atoms with Crippen molar-refractivity contribution in [1.82, 2.24) is 4.90 Å². The number of aliphatic hydroxyl groups is 1. The molecule has 164 valence electrons. The lowest BCUT2D eigenvalue weighted by Crippen LogP contribution is -2.30. The van der Waals surface area contributed by atoms with Gasteiger partial charge in [0.25, 0.3) is 11.7 Å². The van der Waals surface area contributed by atoms with Gasteiger partial charge in [-0.15, -0.1) is 0 Å². The molecule has 3 rings (SSSR count). The maximum Gasteiger partial charge on any atom is 0.295 e. The lowest BCUT2D eigenvalue weighted by Gasteiger charge is -2.25. The minimum atomic E-state index is -0.682. The summed E-state index contributed by atoms with van der Waals surface area (Å²) < 4.78 is 10.6. The molecule has 1 atom stereocenters. The van der Waals surface area contributed by atoms with Gasteiger partial charge in [-0.3, -0.25) is 9.59 Å². The predicted octanol–water partition coefficient (Wildman–Crippen LogP) is 4.62. The molecule has 0 aromatic heterocycles. The largest absolute Gasteiger partial charge is 0.507 e. The summed E-state index contributed by atoms with van der Waals surface area (Å²) in [5.41, 5.74) is 2.23. The van der Waals surface area contributed by atoms with Crippen molar-refractivity contribution < 1.29 is 24.2 Å². The summed E-state index contributed by atoms with van der Waals surface area (Å²) in [6.45, 7) is 4.49. The zero-order valence-corrected chi connectivity index (χ0v) is 18.5. The number of aryl methyl sites for hydroxylation is 1. The van der Waals surface area contributed by atoms with E-state index in [4.69, 9.17) is 9.47 Å². The molecule has 2 aromatic rings. The topological polar surface area (TPSA) is 76.1 Å². The average molecular weight is 424 g/mol. The molecule has 1 amide bonds. The van der Waals surface area contributed by atoms with E-state index in [2.05, 4.69) is 6.92 Å². The summed E-state index contributed by atoms with van der Waals surface area (Å²) in [5, 5.41) is 11.2. The molecular formula is C25H29NO5. The Hall–Kier alpha value is -3.28. The molecule has 0 saturated carbocycles. The van der Waals surface area contributed by atoms with Gasteiger partial charge in [-0.1, -0.05) is 49.6 Å². The molecule has 1 heterocycles. The molecule has 0 aliphatic carbocycles. The lowest BCUT2D eigenvalue weighted by molar-refractivity contribution is -0.139. The highest BCUT2D eigenvalue weighted by molar-refractivity contribution is 6.46. The number of likely N-dealkylation sites (tertiary alicyclic amines) is 1. The fraction of sp³-hybridized carbons (Fsp3) is 0.360. The number of aliphatic hydroxyl groups excluding tert-OH is 1. The fourth-order valence-corrected chi connectivity index (χ4v) is 3.97. The number of hydrogen-bond acceptors (Lipinski definition) is 5. The molecule has 2 aromatic carbocycles. The van der Waals surface area contributed by atoms with E-state index in [0.29, 0.717) is 23.6 Å². The molecule has 31 heavy (non-hydrogen) atoms. The van der Waals surface area contributed by atoms with Gasteiger partial charge in [-0.05, 0) is 31.0 Å². The van der Waals surface area contributed by atoms with Crippen molar-refractivity contribution in [2.75, 3.05) is 20.8 Å². The van der Waals surface area contributed by atoms with E-state index < -0.39 is 17.7 Å². The Morgan fingerprint density at radius 1 is 1.06 bits per heavy atom. The molecule has 1 aliphatic heterocycles. The number of ketones is 1. The summed E-state index contributed by atoms with van der Waals surface area (Å²) in [5.74, 6) is -0.599. The first kappa shape index (κ1) is 22.4. The Bertz CT molecular complexity index is 1010. The number of rotatable bonds is 8. The SMILES string of the molecule is CCCCCN1C(=O)C(=O)/C(=C(\O)c2ccc(OC)cc2OC)C1c1cccc(C)c1.